The standard InChI is InChI=1S/C20H22ClFN2O3S/c1-14-5-6-15(21)12-19(14)23-20(25)13-17-4-2-3-11-24(17)28(26,27)18-9-7-16(22)8-10-18/h5-10,12,17H,2-4,11,13H2,1H3,(H,23,25)/t17-/m1/s1. The molecule has 150 valence electrons. The Balaban J connectivity index is 1.76. The predicted molar refractivity (Wildman–Crippen MR) is 107 cm³/mol. The summed E-state index contributed by atoms with van der Waals surface area (Å²) in [6.45, 7) is 2.20. The lowest BCUT2D eigenvalue weighted by Gasteiger charge is -2.34. The number of carbonyl (C=O) groups is 1. The molecule has 1 atom stereocenters. The summed E-state index contributed by atoms with van der Waals surface area (Å²) in [7, 11) is -3.80. The minimum absolute atomic E-state index is 0.0342. The van der Waals surface area contributed by atoms with Crippen LogP contribution in [0.5, 0.6) is 0 Å². The second-order valence-corrected chi connectivity index (χ2v) is 9.26. The number of benzene rings is 2. The largest absolute Gasteiger partial charge is 0.326 e. The third-order valence-corrected chi connectivity index (χ3v) is 7.09. The molecule has 1 fully saturated rings. The van der Waals surface area contributed by atoms with Crippen LogP contribution in [0.15, 0.2) is 47.4 Å². The van der Waals surface area contributed by atoms with Crippen LogP contribution in [0.4, 0.5) is 10.1 Å². The highest BCUT2D eigenvalue weighted by Crippen LogP contribution is 2.28. The lowest BCUT2D eigenvalue weighted by Crippen LogP contribution is -2.45. The third kappa shape index (κ3) is 4.71. The molecular weight excluding hydrogens is 403 g/mol. The second-order valence-electron chi connectivity index (χ2n) is 6.93. The quantitative estimate of drug-likeness (QED) is 0.775. The van der Waals surface area contributed by atoms with Gasteiger partial charge in [0.25, 0.3) is 0 Å². The molecule has 1 amide bonds. The maximum atomic E-state index is 13.2. The molecule has 5 nitrogen and oxygen atoms in total. The van der Waals surface area contributed by atoms with Crippen LogP contribution in [0.3, 0.4) is 0 Å². The van der Waals surface area contributed by atoms with Crippen LogP contribution >= 0.6 is 11.6 Å². The van der Waals surface area contributed by atoms with E-state index in [1.165, 1.54) is 16.4 Å². The van der Waals surface area contributed by atoms with E-state index in [1.54, 1.807) is 12.1 Å². The lowest BCUT2D eigenvalue weighted by atomic mass is 10.0. The number of sulfonamides is 1. The van der Waals surface area contributed by atoms with E-state index < -0.39 is 21.9 Å². The van der Waals surface area contributed by atoms with Gasteiger partial charge in [-0.15, -0.1) is 0 Å². The number of amides is 1. The summed E-state index contributed by atoms with van der Waals surface area (Å²) in [6, 6.07) is 9.54. The zero-order chi connectivity index (χ0) is 20.3. The van der Waals surface area contributed by atoms with E-state index in [2.05, 4.69) is 5.32 Å². The smallest absolute Gasteiger partial charge is 0.243 e. The lowest BCUT2D eigenvalue weighted by molar-refractivity contribution is -0.117. The Morgan fingerprint density at radius 1 is 1.21 bits per heavy atom. The van der Waals surface area contributed by atoms with E-state index in [1.807, 2.05) is 13.0 Å². The Hall–Kier alpha value is -1.96. The van der Waals surface area contributed by atoms with Gasteiger partial charge in [0.1, 0.15) is 5.82 Å². The molecule has 28 heavy (non-hydrogen) atoms. The molecule has 1 aliphatic heterocycles. The highest BCUT2D eigenvalue weighted by atomic mass is 35.5. The van der Waals surface area contributed by atoms with Gasteiger partial charge in [-0.1, -0.05) is 24.1 Å². The highest BCUT2D eigenvalue weighted by Gasteiger charge is 2.34. The van der Waals surface area contributed by atoms with Crippen molar-refractivity contribution >= 4 is 33.2 Å². The Labute approximate surface area is 169 Å². The van der Waals surface area contributed by atoms with Crippen LogP contribution in [0.1, 0.15) is 31.2 Å². The number of aryl methyl sites for hydroxylation is 1. The van der Waals surface area contributed by atoms with Crippen LogP contribution in [0.25, 0.3) is 0 Å². The first-order valence-electron chi connectivity index (χ1n) is 9.11. The summed E-state index contributed by atoms with van der Waals surface area (Å²) < 4.78 is 40.5. The topological polar surface area (TPSA) is 66.5 Å². The maximum Gasteiger partial charge on any atom is 0.243 e. The van der Waals surface area contributed by atoms with E-state index >= 15 is 0 Å². The maximum absolute atomic E-state index is 13.2. The van der Waals surface area contributed by atoms with Crippen molar-refractivity contribution in [2.75, 3.05) is 11.9 Å². The van der Waals surface area contributed by atoms with E-state index in [-0.39, 0.29) is 17.2 Å². The predicted octanol–water partition coefficient (Wildman–Crippen LogP) is 4.36. The average Bonchev–Trinajstić information content (AvgIpc) is 2.65. The van der Waals surface area contributed by atoms with Crippen molar-refractivity contribution in [3.05, 3.63) is 58.9 Å². The summed E-state index contributed by atoms with van der Waals surface area (Å²) in [4.78, 5) is 12.6. The summed E-state index contributed by atoms with van der Waals surface area (Å²) in [5, 5.41) is 3.34. The number of halogens is 2. The normalized spacial score (nSPS) is 18.0. The molecule has 8 heteroatoms. The van der Waals surface area contributed by atoms with Crippen molar-refractivity contribution in [1.82, 2.24) is 4.31 Å². The number of nitrogens with one attached hydrogen (secondary N) is 1. The van der Waals surface area contributed by atoms with Gasteiger partial charge in [0.05, 0.1) is 4.90 Å². The summed E-state index contributed by atoms with van der Waals surface area (Å²) >= 11 is 5.99. The van der Waals surface area contributed by atoms with E-state index in [0.717, 1.165) is 30.5 Å². The third-order valence-electron chi connectivity index (χ3n) is 4.89. The number of rotatable bonds is 5. The highest BCUT2D eigenvalue weighted by molar-refractivity contribution is 7.89. The van der Waals surface area contributed by atoms with Crippen molar-refractivity contribution in [1.29, 1.82) is 0 Å². The van der Waals surface area contributed by atoms with Crippen LogP contribution in [0.2, 0.25) is 5.02 Å². The van der Waals surface area contributed by atoms with Crippen LogP contribution in [-0.2, 0) is 14.8 Å². The van der Waals surface area contributed by atoms with Crippen molar-refractivity contribution in [3.8, 4) is 0 Å². The Kier molecular flexibility index (Phi) is 6.37. The number of hydrogen-bond acceptors (Lipinski definition) is 3. The molecule has 1 heterocycles. The molecule has 2 aromatic carbocycles. The minimum atomic E-state index is -3.80. The molecule has 3 rings (SSSR count). The van der Waals surface area contributed by atoms with Gasteiger partial charge in [-0.3, -0.25) is 4.79 Å². The van der Waals surface area contributed by atoms with Gasteiger partial charge in [0, 0.05) is 29.7 Å². The first-order valence-corrected chi connectivity index (χ1v) is 10.9. The van der Waals surface area contributed by atoms with Crippen molar-refractivity contribution in [3.63, 3.8) is 0 Å². The molecule has 2 aromatic rings. The first kappa shape index (κ1) is 20.8. The van der Waals surface area contributed by atoms with Crippen LogP contribution in [-0.4, -0.2) is 31.2 Å². The van der Waals surface area contributed by atoms with E-state index in [4.69, 9.17) is 11.6 Å². The average molecular weight is 425 g/mol. The Bertz CT molecular complexity index is 964. The molecular formula is C20H22ClFN2O3S. The SMILES string of the molecule is Cc1ccc(Cl)cc1NC(=O)C[C@H]1CCCCN1S(=O)(=O)c1ccc(F)cc1. The molecule has 1 saturated heterocycles. The van der Waals surface area contributed by atoms with Crippen LogP contribution in [0, 0.1) is 12.7 Å². The minimum Gasteiger partial charge on any atom is -0.326 e. The number of carbonyl (C=O) groups excluding carboxylic acids is 1. The zero-order valence-corrected chi connectivity index (χ0v) is 17.1. The first-order chi connectivity index (χ1) is 13.3. The monoisotopic (exact) mass is 424 g/mol. The Morgan fingerprint density at radius 2 is 1.93 bits per heavy atom. The molecule has 0 radical (unpaired) electrons. The van der Waals surface area contributed by atoms with Gasteiger partial charge >= 0.3 is 0 Å². The van der Waals surface area contributed by atoms with Gasteiger partial charge in [0.2, 0.25) is 15.9 Å². The molecule has 0 saturated carbocycles. The molecule has 1 N–H and O–H groups in total. The number of nitrogens with zero attached hydrogens (tertiary/aromatic N) is 1. The van der Waals surface area contributed by atoms with E-state index in [0.29, 0.717) is 23.7 Å². The van der Waals surface area contributed by atoms with Gasteiger partial charge < -0.3 is 5.32 Å². The van der Waals surface area contributed by atoms with Crippen LogP contribution < -0.4 is 5.32 Å². The number of anilines is 1. The molecule has 0 bridgehead atoms. The number of piperidine rings is 1. The summed E-state index contributed by atoms with van der Waals surface area (Å²) in [5.74, 6) is -0.762. The fourth-order valence-electron chi connectivity index (χ4n) is 3.38. The molecule has 0 unspecified atom stereocenters. The van der Waals surface area contributed by atoms with E-state index in [9.17, 15) is 17.6 Å². The van der Waals surface area contributed by atoms with Gasteiger partial charge in [-0.25, -0.2) is 12.8 Å². The summed E-state index contributed by atoms with van der Waals surface area (Å²) in [5.41, 5.74) is 1.48. The fourth-order valence-corrected chi connectivity index (χ4v) is 5.25. The molecule has 0 aromatic heterocycles. The van der Waals surface area contributed by atoms with Gasteiger partial charge in [-0.2, -0.15) is 4.31 Å². The fraction of sp³-hybridized carbons (Fsp3) is 0.350. The van der Waals surface area contributed by atoms with Gasteiger partial charge in [0.15, 0.2) is 0 Å². The summed E-state index contributed by atoms with van der Waals surface area (Å²) in [6.07, 6.45) is 2.23. The Morgan fingerprint density at radius 3 is 2.64 bits per heavy atom. The van der Waals surface area contributed by atoms with Crippen molar-refractivity contribution < 1.29 is 17.6 Å². The molecule has 0 spiro atoms. The van der Waals surface area contributed by atoms with Crippen molar-refractivity contribution in [2.24, 2.45) is 0 Å². The second kappa shape index (κ2) is 8.59. The zero-order valence-electron chi connectivity index (χ0n) is 15.5. The molecule has 1 aliphatic rings. The molecule has 0 aliphatic carbocycles. The van der Waals surface area contributed by atoms with Gasteiger partial charge in [-0.05, 0) is 61.7 Å². The van der Waals surface area contributed by atoms with Crippen molar-refractivity contribution in [2.45, 2.75) is 43.5 Å². The number of hydrogen-bond donors (Lipinski definition) is 1.